The standard InChI is InChI=1S/C19H23N3O4S/c1-13-6-5-7-14(2)19(13)22(27(4,25)26)12-18(24)21-17-10-8-16(9-11-17)20-15(3)23/h5-11H,12H2,1-4H3,(H,20,23)(H,21,24). The number of hydrogen-bond donors (Lipinski definition) is 2. The summed E-state index contributed by atoms with van der Waals surface area (Å²) in [4.78, 5) is 23.5. The summed E-state index contributed by atoms with van der Waals surface area (Å²) in [7, 11) is -3.65. The van der Waals surface area contributed by atoms with E-state index in [0.29, 0.717) is 17.1 Å². The Labute approximate surface area is 159 Å². The maximum atomic E-state index is 12.4. The molecule has 0 atom stereocenters. The molecule has 0 heterocycles. The van der Waals surface area contributed by atoms with E-state index in [1.54, 1.807) is 50.2 Å². The number of hydrogen-bond acceptors (Lipinski definition) is 4. The summed E-state index contributed by atoms with van der Waals surface area (Å²) in [5.74, 6) is -0.653. The molecule has 144 valence electrons. The minimum Gasteiger partial charge on any atom is -0.326 e. The van der Waals surface area contributed by atoms with Crippen LogP contribution in [0.2, 0.25) is 0 Å². The lowest BCUT2D eigenvalue weighted by Gasteiger charge is -2.25. The largest absolute Gasteiger partial charge is 0.326 e. The molecule has 0 spiro atoms. The quantitative estimate of drug-likeness (QED) is 0.794. The lowest BCUT2D eigenvalue weighted by Crippen LogP contribution is -2.38. The number of nitrogens with zero attached hydrogens (tertiary/aromatic N) is 1. The molecule has 7 nitrogen and oxygen atoms in total. The van der Waals surface area contributed by atoms with E-state index >= 15 is 0 Å². The topological polar surface area (TPSA) is 95.6 Å². The zero-order chi connectivity index (χ0) is 20.2. The van der Waals surface area contributed by atoms with Gasteiger partial charge in [-0.15, -0.1) is 0 Å². The third-order valence-electron chi connectivity index (χ3n) is 3.87. The molecule has 2 aromatic rings. The van der Waals surface area contributed by atoms with Gasteiger partial charge in [-0.1, -0.05) is 18.2 Å². The van der Waals surface area contributed by atoms with Gasteiger partial charge in [-0.2, -0.15) is 0 Å². The predicted molar refractivity (Wildman–Crippen MR) is 107 cm³/mol. The van der Waals surface area contributed by atoms with E-state index in [4.69, 9.17) is 0 Å². The molecule has 0 saturated heterocycles. The number of carbonyl (C=O) groups is 2. The molecule has 0 fully saturated rings. The summed E-state index contributed by atoms with van der Waals surface area (Å²) >= 11 is 0. The Morgan fingerprint density at radius 1 is 0.926 bits per heavy atom. The summed E-state index contributed by atoms with van der Waals surface area (Å²) in [5.41, 5.74) is 3.16. The van der Waals surface area contributed by atoms with Gasteiger partial charge in [0.25, 0.3) is 0 Å². The highest BCUT2D eigenvalue weighted by Crippen LogP contribution is 2.26. The number of anilines is 3. The van der Waals surface area contributed by atoms with Crippen LogP contribution in [0, 0.1) is 13.8 Å². The molecule has 0 saturated carbocycles. The van der Waals surface area contributed by atoms with Gasteiger partial charge in [0.1, 0.15) is 6.54 Å². The maximum Gasteiger partial charge on any atom is 0.245 e. The van der Waals surface area contributed by atoms with E-state index in [0.717, 1.165) is 21.7 Å². The first-order chi connectivity index (χ1) is 12.6. The second-order valence-electron chi connectivity index (χ2n) is 6.32. The highest BCUT2D eigenvalue weighted by atomic mass is 32.2. The molecule has 0 unspecified atom stereocenters. The Hall–Kier alpha value is -2.87. The minimum absolute atomic E-state index is 0.191. The predicted octanol–water partition coefficient (Wildman–Crippen LogP) is 2.67. The molecule has 0 radical (unpaired) electrons. The lowest BCUT2D eigenvalue weighted by atomic mass is 10.1. The molecule has 27 heavy (non-hydrogen) atoms. The summed E-state index contributed by atoms with van der Waals surface area (Å²) in [6, 6.07) is 12.0. The number of carbonyl (C=O) groups excluding carboxylic acids is 2. The van der Waals surface area contributed by atoms with Crippen LogP contribution in [-0.2, 0) is 19.6 Å². The van der Waals surface area contributed by atoms with Gasteiger partial charge in [0.05, 0.1) is 11.9 Å². The third-order valence-corrected chi connectivity index (χ3v) is 4.98. The van der Waals surface area contributed by atoms with Crippen LogP contribution in [0.25, 0.3) is 0 Å². The Bertz CT molecular complexity index is 933. The Kier molecular flexibility index (Phi) is 6.22. The molecule has 0 aliphatic rings. The average Bonchev–Trinajstić information content (AvgIpc) is 2.54. The van der Waals surface area contributed by atoms with Crippen LogP contribution in [0.1, 0.15) is 18.1 Å². The van der Waals surface area contributed by atoms with E-state index in [-0.39, 0.29) is 12.5 Å². The van der Waals surface area contributed by atoms with Crippen molar-refractivity contribution < 1.29 is 18.0 Å². The molecule has 2 aromatic carbocycles. The van der Waals surface area contributed by atoms with Crippen LogP contribution >= 0.6 is 0 Å². The SMILES string of the molecule is CC(=O)Nc1ccc(NC(=O)CN(c2c(C)cccc2C)S(C)(=O)=O)cc1. The van der Waals surface area contributed by atoms with E-state index in [2.05, 4.69) is 10.6 Å². The number of sulfonamides is 1. The van der Waals surface area contributed by atoms with Gasteiger partial charge in [-0.05, 0) is 49.2 Å². The number of benzene rings is 2. The zero-order valence-corrected chi connectivity index (χ0v) is 16.6. The summed E-state index contributed by atoms with van der Waals surface area (Å²) < 4.78 is 25.7. The van der Waals surface area contributed by atoms with Gasteiger partial charge in [0.2, 0.25) is 21.8 Å². The van der Waals surface area contributed by atoms with E-state index < -0.39 is 15.9 Å². The number of nitrogens with one attached hydrogen (secondary N) is 2. The number of para-hydroxylation sites is 1. The van der Waals surface area contributed by atoms with Crippen molar-refractivity contribution in [3.8, 4) is 0 Å². The zero-order valence-electron chi connectivity index (χ0n) is 15.7. The first-order valence-corrected chi connectivity index (χ1v) is 10.1. The second kappa shape index (κ2) is 8.22. The van der Waals surface area contributed by atoms with E-state index in [9.17, 15) is 18.0 Å². The molecule has 2 amide bonds. The van der Waals surface area contributed by atoms with Crippen LogP contribution in [0.3, 0.4) is 0 Å². The monoisotopic (exact) mass is 389 g/mol. The normalized spacial score (nSPS) is 11.0. The lowest BCUT2D eigenvalue weighted by molar-refractivity contribution is -0.115. The van der Waals surface area contributed by atoms with Crippen LogP contribution in [0.4, 0.5) is 17.1 Å². The van der Waals surface area contributed by atoms with Crippen molar-refractivity contribution in [3.63, 3.8) is 0 Å². The van der Waals surface area contributed by atoms with Gasteiger partial charge >= 0.3 is 0 Å². The van der Waals surface area contributed by atoms with Crippen molar-refractivity contribution in [2.45, 2.75) is 20.8 Å². The molecule has 0 bridgehead atoms. The van der Waals surface area contributed by atoms with Gasteiger partial charge in [0.15, 0.2) is 0 Å². The molecule has 0 aromatic heterocycles. The highest BCUT2D eigenvalue weighted by Gasteiger charge is 2.23. The Morgan fingerprint density at radius 3 is 1.85 bits per heavy atom. The number of rotatable bonds is 6. The second-order valence-corrected chi connectivity index (χ2v) is 8.22. The smallest absolute Gasteiger partial charge is 0.245 e. The number of amides is 2. The molecule has 0 aliphatic carbocycles. The van der Waals surface area contributed by atoms with Crippen molar-refractivity contribution in [3.05, 3.63) is 53.6 Å². The fourth-order valence-corrected chi connectivity index (χ4v) is 3.70. The first-order valence-electron chi connectivity index (χ1n) is 8.29. The van der Waals surface area contributed by atoms with Gasteiger partial charge in [-0.3, -0.25) is 13.9 Å². The molecular weight excluding hydrogens is 366 g/mol. The Morgan fingerprint density at radius 2 is 1.41 bits per heavy atom. The van der Waals surface area contributed by atoms with Gasteiger partial charge in [-0.25, -0.2) is 8.42 Å². The fourth-order valence-electron chi connectivity index (χ4n) is 2.73. The van der Waals surface area contributed by atoms with Crippen LogP contribution in [0.15, 0.2) is 42.5 Å². The van der Waals surface area contributed by atoms with Crippen molar-refractivity contribution in [2.75, 3.05) is 27.7 Å². The maximum absolute atomic E-state index is 12.4. The third kappa shape index (κ3) is 5.55. The van der Waals surface area contributed by atoms with Crippen molar-refractivity contribution in [2.24, 2.45) is 0 Å². The minimum atomic E-state index is -3.65. The summed E-state index contributed by atoms with van der Waals surface area (Å²) in [6.45, 7) is 4.68. The van der Waals surface area contributed by atoms with Crippen molar-refractivity contribution in [1.29, 1.82) is 0 Å². The molecular formula is C19H23N3O4S. The molecule has 8 heteroatoms. The summed E-state index contributed by atoms with van der Waals surface area (Å²) in [6.07, 6.45) is 1.08. The van der Waals surface area contributed by atoms with E-state index in [1.807, 2.05) is 6.07 Å². The van der Waals surface area contributed by atoms with Gasteiger partial charge in [0, 0.05) is 18.3 Å². The van der Waals surface area contributed by atoms with Crippen molar-refractivity contribution in [1.82, 2.24) is 0 Å². The molecule has 0 aliphatic heterocycles. The number of aryl methyl sites for hydroxylation is 2. The van der Waals surface area contributed by atoms with Crippen LogP contribution < -0.4 is 14.9 Å². The van der Waals surface area contributed by atoms with Gasteiger partial charge < -0.3 is 10.6 Å². The highest BCUT2D eigenvalue weighted by molar-refractivity contribution is 7.92. The Balaban J connectivity index is 2.19. The van der Waals surface area contributed by atoms with Crippen LogP contribution in [0.5, 0.6) is 0 Å². The molecule has 2 N–H and O–H groups in total. The van der Waals surface area contributed by atoms with Crippen LogP contribution in [-0.4, -0.2) is 33.0 Å². The molecule has 2 rings (SSSR count). The average molecular weight is 389 g/mol. The summed E-state index contributed by atoms with van der Waals surface area (Å²) in [5, 5.41) is 5.31. The first kappa shape index (κ1) is 20.4. The van der Waals surface area contributed by atoms with Crippen molar-refractivity contribution >= 4 is 38.9 Å². The fraction of sp³-hybridized carbons (Fsp3) is 0.263. The van der Waals surface area contributed by atoms with E-state index in [1.165, 1.54) is 6.92 Å².